The fourth-order valence-electron chi connectivity index (χ4n) is 2.23. The number of aromatic nitrogens is 2. The number of hydrogen-bond acceptors (Lipinski definition) is 7. The summed E-state index contributed by atoms with van der Waals surface area (Å²) in [6.45, 7) is 2.43. The summed E-state index contributed by atoms with van der Waals surface area (Å²) in [5.41, 5.74) is 0.942. The molecule has 0 atom stereocenters. The predicted octanol–water partition coefficient (Wildman–Crippen LogP) is 2.14. The summed E-state index contributed by atoms with van der Waals surface area (Å²) >= 11 is 2.57. The Balaban J connectivity index is 1.46. The molecule has 1 aliphatic rings. The highest BCUT2D eigenvalue weighted by molar-refractivity contribution is 8.01. The van der Waals surface area contributed by atoms with Crippen LogP contribution in [0.2, 0.25) is 0 Å². The fraction of sp³-hybridized carbons (Fsp3) is 0.294. The van der Waals surface area contributed by atoms with E-state index in [2.05, 4.69) is 15.5 Å². The van der Waals surface area contributed by atoms with Crippen molar-refractivity contribution in [2.75, 3.05) is 37.4 Å². The van der Waals surface area contributed by atoms with Gasteiger partial charge in [0.25, 0.3) is 0 Å². The van der Waals surface area contributed by atoms with E-state index >= 15 is 0 Å². The van der Waals surface area contributed by atoms with Crippen LogP contribution in [-0.2, 0) is 14.3 Å². The third-order valence-corrected chi connectivity index (χ3v) is 5.50. The van der Waals surface area contributed by atoms with E-state index in [-0.39, 0.29) is 11.8 Å². The summed E-state index contributed by atoms with van der Waals surface area (Å²) in [6.07, 6.45) is 3.18. The summed E-state index contributed by atoms with van der Waals surface area (Å²) in [7, 11) is 0. The Labute approximate surface area is 159 Å². The number of nitrogens with zero attached hydrogens (tertiary/aromatic N) is 3. The van der Waals surface area contributed by atoms with Crippen molar-refractivity contribution in [2.24, 2.45) is 0 Å². The number of carbonyl (C=O) groups is 2. The van der Waals surface area contributed by atoms with Crippen molar-refractivity contribution in [1.82, 2.24) is 15.1 Å². The number of carbonyl (C=O) groups excluding carboxylic acids is 2. The lowest BCUT2D eigenvalue weighted by molar-refractivity contribution is -0.132. The fourth-order valence-corrected chi connectivity index (χ4v) is 3.89. The van der Waals surface area contributed by atoms with Gasteiger partial charge in [-0.1, -0.05) is 53.4 Å². The Morgan fingerprint density at radius 3 is 2.77 bits per heavy atom. The quantitative estimate of drug-likeness (QED) is 0.462. The average Bonchev–Trinajstić information content (AvgIpc) is 3.13. The van der Waals surface area contributed by atoms with E-state index in [1.807, 2.05) is 30.3 Å². The lowest BCUT2D eigenvalue weighted by Gasteiger charge is -2.26. The molecule has 136 valence electrons. The molecule has 0 saturated carbocycles. The molecule has 0 aliphatic carbocycles. The molecular formula is C17H18N4O3S2. The lowest BCUT2D eigenvalue weighted by Crippen LogP contribution is -2.41. The Hall–Kier alpha value is -2.23. The van der Waals surface area contributed by atoms with Crippen LogP contribution in [0.3, 0.4) is 0 Å². The van der Waals surface area contributed by atoms with E-state index in [0.717, 1.165) is 5.56 Å². The number of amides is 2. The van der Waals surface area contributed by atoms with E-state index in [9.17, 15) is 9.59 Å². The zero-order valence-electron chi connectivity index (χ0n) is 14.0. The molecule has 0 bridgehead atoms. The second-order valence-corrected chi connectivity index (χ2v) is 7.59. The summed E-state index contributed by atoms with van der Waals surface area (Å²) in [5, 5.41) is 11.0. The SMILES string of the molecule is O=C(C=Cc1ccccc1)Nc1nnc(SCC(=O)N2CCOCC2)s1. The van der Waals surface area contributed by atoms with Crippen LogP contribution >= 0.6 is 23.1 Å². The molecule has 1 aromatic carbocycles. The van der Waals surface area contributed by atoms with Gasteiger partial charge in [-0.05, 0) is 11.6 Å². The molecule has 1 aliphatic heterocycles. The molecule has 1 aromatic heterocycles. The maximum absolute atomic E-state index is 12.1. The van der Waals surface area contributed by atoms with Crippen LogP contribution in [0, 0.1) is 0 Å². The average molecular weight is 390 g/mol. The Kier molecular flexibility index (Phi) is 6.75. The largest absolute Gasteiger partial charge is 0.378 e. The second kappa shape index (κ2) is 9.46. The van der Waals surface area contributed by atoms with Crippen molar-refractivity contribution >= 4 is 46.1 Å². The number of nitrogens with one attached hydrogen (secondary N) is 1. The van der Waals surface area contributed by atoms with E-state index in [4.69, 9.17) is 4.74 Å². The standard InChI is InChI=1S/C17H18N4O3S2/c22-14(7-6-13-4-2-1-3-5-13)18-16-19-20-17(26-16)25-12-15(23)21-8-10-24-11-9-21/h1-7H,8-12H2,(H,18,19,22). The van der Waals surface area contributed by atoms with Crippen molar-refractivity contribution in [3.05, 3.63) is 42.0 Å². The van der Waals surface area contributed by atoms with Gasteiger partial charge in [0.1, 0.15) is 0 Å². The molecule has 3 rings (SSSR count). The zero-order chi connectivity index (χ0) is 18.2. The van der Waals surface area contributed by atoms with Gasteiger partial charge in [0, 0.05) is 19.2 Å². The summed E-state index contributed by atoms with van der Waals surface area (Å²) < 4.78 is 5.88. The number of hydrogen-bond donors (Lipinski definition) is 1. The summed E-state index contributed by atoms with van der Waals surface area (Å²) in [4.78, 5) is 25.8. The van der Waals surface area contributed by atoms with Crippen LogP contribution in [-0.4, -0.2) is 59.0 Å². The van der Waals surface area contributed by atoms with Crippen LogP contribution in [0.4, 0.5) is 5.13 Å². The van der Waals surface area contributed by atoms with Gasteiger partial charge in [0.15, 0.2) is 4.34 Å². The molecule has 2 amide bonds. The third-order valence-electron chi connectivity index (χ3n) is 3.55. The molecule has 0 spiro atoms. The highest BCUT2D eigenvalue weighted by atomic mass is 32.2. The van der Waals surface area contributed by atoms with Crippen LogP contribution in [0.5, 0.6) is 0 Å². The first-order valence-corrected chi connectivity index (χ1v) is 9.87. The predicted molar refractivity (Wildman–Crippen MR) is 102 cm³/mol. The highest BCUT2D eigenvalue weighted by Crippen LogP contribution is 2.25. The van der Waals surface area contributed by atoms with Crippen LogP contribution in [0.25, 0.3) is 6.08 Å². The number of morpholine rings is 1. The number of thioether (sulfide) groups is 1. The Morgan fingerprint density at radius 1 is 1.23 bits per heavy atom. The van der Waals surface area contributed by atoms with Gasteiger partial charge in [-0.3, -0.25) is 14.9 Å². The Bertz CT molecular complexity index is 773. The topological polar surface area (TPSA) is 84.4 Å². The number of ether oxygens (including phenoxy) is 1. The van der Waals surface area contributed by atoms with Crippen molar-refractivity contribution in [2.45, 2.75) is 4.34 Å². The minimum Gasteiger partial charge on any atom is -0.378 e. The van der Waals surface area contributed by atoms with Crippen molar-refractivity contribution in [1.29, 1.82) is 0 Å². The molecule has 7 nitrogen and oxygen atoms in total. The Morgan fingerprint density at radius 2 is 2.00 bits per heavy atom. The molecule has 2 aromatic rings. The lowest BCUT2D eigenvalue weighted by atomic mass is 10.2. The first-order valence-electron chi connectivity index (χ1n) is 8.06. The van der Waals surface area contributed by atoms with Gasteiger partial charge in [0.2, 0.25) is 16.9 Å². The molecule has 1 saturated heterocycles. The maximum atomic E-state index is 12.1. The van der Waals surface area contributed by atoms with E-state index in [1.54, 1.807) is 11.0 Å². The first kappa shape index (κ1) is 18.6. The monoisotopic (exact) mass is 390 g/mol. The van der Waals surface area contributed by atoms with Gasteiger partial charge < -0.3 is 9.64 Å². The van der Waals surface area contributed by atoms with Gasteiger partial charge in [-0.2, -0.15) is 0 Å². The molecule has 0 unspecified atom stereocenters. The van der Waals surface area contributed by atoms with Crippen LogP contribution in [0.15, 0.2) is 40.7 Å². The van der Waals surface area contributed by atoms with Crippen molar-refractivity contribution in [3.63, 3.8) is 0 Å². The van der Waals surface area contributed by atoms with E-state index < -0.39 is 0 Å². The smallest absolute Gasteiger partial charge is 0.250 e. The van der Waals surface area contributed by atoms with Crippen LogP contribution in [0.1, 0.15) is 5.56 Å². The van der Waals surface area contributed by atoms with E-state index in [0.29, 0.717) is 41.5 Å². The number of anilines is 1. The summed E-state index contributed by atoms with van der Waals surface area (Å²) in [6, 6.07) is 9.56. The molecular weight excluding hydrogens is 372 g/mol. The minimum absolute atomic E-state index is 0.0601. The van der Waals surface area contributed by atoms with Crippen molar-refractivity contribution < 1.29 is 14.3 Å². The summed E-state index contributed by atoms with van der Waals surface area (Å²) in [5.74, 6) is 0.0899. The zero-order valence-corrected chi connectivity index (χ0v) is 15.6. The molecule has 26 heavy (non-hydrogen) atoms. The van der Waals surface area contributed by atoms with Gasteiger partial charge in [0.05, 0.1) is 19.0 Å². The minimum atomic E-state index is -0.272. The highest BCUT2D eigenvalue weighted by Gasteiger charge is 2.17. The third kappa shape index (κ3) is 5.65. The molecule has 2 heterocycles. The van der Waals surface area contributed by atoms with Gasteiger partial charge in [-0.25, -0.2) is 0 Å². The molecule has 9 heteroatoms. The normalized spacial score (nSPS) is 14.5. The number of rotatable bonds is 6. The molecule has 0 radical (unpaired) electrons. The van der Waals surface area contributed by atoms with Gasteiger partial charge in [-0.15, -0.1) is 10.2 Å². The van der Waals surface area contributed by atoms with Crippen LogP contribution < -0.4 is 5.32 Å². The van der Waals surface area contributed by atoms with Gasteiger partial charge >= 0.3 is 0 Å². The first-order chi connectivity index (χ1) is 12.7. The molecule has 1 N–H and O–H groups in total. The van der Waals surface area contributed by atoms with E-state index in [1.165, 1.54) is 29.2 Å². The number of benzene rings is 1. The second-order valence-electron chi connectivity index (χ2n) is 5.39. The molecule has 1 fully saturated rings. The van der Waals surface area contributed by atoms with Crippen molar-refractivity contribution in [3.8, 4) is 0 Å². The maximum Gasteiger partial charge on any atom is 0.250 e.